The molecule has 2 aromatic heterocycles. The summed E-state index contributed by atoms with van der Waals surface area (Å²) in [6.45, 7) is 0. The van der Waals surface area contributed by atoms with Crippen molar-refractivity contribution in [3.05, 3.63) is 39.4 Å². The molecule has 6 nitrogen and oxygen atoms in total. The monoisotopic (exact) mass is 365 g/mol. The summed E-state index contributed by atoms with van der Waals surface area (Å²) < 4.78 is 0.849. The molecule has 0 radical (unpaired) electrons. The molecule has 2 N–H and O–H groups in total. The molecule has 0 unspecified atom stereocenters. The van der Waals surface area contributed by atoms with Crippen LogP contribution < -0.4 is 10.9 Å². The number of H-pyrrole nitrogens is 1. The fourth-order valence-electron chi connectivity index (χ4n) is 2.09. The molecule has 1 saturated carbocycles. The van der Waals surface area contributed by atoms with E-state index in [2.05, 4.69) is 25.5 Å². The second-order valence-corrected chi connectivity index (χ2v) is 7.89. The van der Waals surface area contributed by atoms with Crippen LogP contribution in [-0.4, -0.2) is 26.2 Å². The third-order valence-electron chi connectivity index (χ3n) is 3.36. The number of hydrogen-bond donors (Lipinski definition) is 2. The molecule has 0 saturated heterocycles. The molecule has 1 aromatic carbocycles. The lowest BCUT2D eigenvalue weighted by molar-refractivity contribution is 0.989. The van der Waals surface area contributed by atoms with Gasteiger partial charge in [-0.2, -0.15) is 0 Å². The minimum absolute atomic E-state index is 0.157. The van der Waals surface area contributed by atoms with Gasteiger partial charge in [0.1, 0.15) is 5.82 Å². The van der Waals surface area contributed by atoms with Crippen LogP contribution in [0.5, 0.6) is 0 Å². The van der Waals surface area contributed by atoms with Gasteiger partial charge in [-0.25, -0.2) is 4.98 Å². The topological polar surface area (TPSA) is 83.6 Å². The Morgan fingerprint density at radius 2 is 2.26 bits per heavy atom. The normalized spacial score (nSPS) is 14.3. The summed E-state index contributed by atoms with van der Waals surface area (Å²) >= 11 is 8.99. The van der Waals surface area contributed by atoms with Crippen LogP contribution in [0.4, 0.5) is 5.13 Å². The van der Waals surface area contributed by atoms with Crippen molar-refractivity contribution in [2.75, 3.05) is 5.32 Å². The third-order valence-corrected chi connectivity index (χ3v) is 5.60. The van der Waals surface area contributed by atoms with Gasteiger partial charge < -0.3 is 10.3 Å². The van der Waals surface area contributed by atoms with Gasteiger partial charge in [0, 0.05) is 11.1 Å². The third kappa shape index (κ3) is 3.49. The molecule has 1 fully saturated rings. The molecule has 0 aliphatic heterocycles. The van der Waals surface area contributed by atoms with Crippen LogP contribution in [0.2, 0.25) is 5.02 Å². The lowest BCUT2D eigenvalue weighted by Crippen LogP contribution is -2.11. The number of fused-ring (bicyclic) bond motifs is 1. The van der Waals surface area contributed by atoms with Crippen molar-refractivity contribution >= 4 is 50.7 Å². The Balaban J connectivity index is 1.50. The first kappa shape index (κ1) is 14.9. The summed E-state index contributed by atoms with van der Waals surface area (Å²) in [5.74, 6) is 1.12. The maximum Gasteiger partial charge on any atom is 0.258 e. The van der Waals surface area contributed by atoms with Crippen LogP contribution in [0.3, 0.4) is 0 Å². The van der Waals surface area contributed by atoms with E-state index in [1.54, 1.807) is 18.2 Å². The highest BCUT2D eigenvalue weighted by molar-refractivity contribution is 8.00. The Morgan fingerprint density at radius 1 is 1.39 bits per heavy atom. The zero-order valence-electron chi connectivity index (χ0n) is 11.9. The van der Waals surface area contributed by atoms with E-state index in [4.69, 9.17) is 11.6 Å². The number of nitrogens with zero attached hydrogens (tertiary/aromatic N) is 3. The van der Waals surface area contributed by atoms with Gasteiger partial charge >= 0.3 is 0 Å². The van der Waals surface area contributed by atoms with Crippen LogP contribution in [0.25, 0.3) is 10.9 Å². The fourth-order valence-corrected chi connectivity index (χ4v) is 3.95. The van der Waals surface area contributed by atoms with Gasteiger partial charge in [0.15, 0.2) is 4.34 Å². The van der Waals surface area contributed by atoms with Crippen LogP contribution in [0, 0.1) is 0 Å². The van der Waals surface area contributed by atoms with Crippen molar-refractivity contribution in [3.63, 3.8) is 0 Å². The standard InChI is InChI=1S/C14H12ClN5OS2/c15-7-1-4-9-10(5-7)17-11(18-12(9)21)6-22-14-20-19-13(23-14)16-8-2-3-8/h1,4-5,8H,2-3,6H2,(H,16,19)(H,17,18,21). The molecule has 0 atom stereocenters. The average Bonchev–Trinajstić information content (AvgIpc) is 3.21. The Kier molecular flexibility index (Phi) is 3.96. The quantitative estimate of drug-likeness (QED) is 0.675. The van der Waals surface area contributed by atoms with E-state index in [9.17, 15) is 4.79 Å². The maximum atomic E-state index is 12.1. The number of aromatic nitrogens is 4. The minimum Gasteiger partial charge on any atom is -0.357 e. The van der Waals surface area contributed by atoms with Crippen LogP contribution in [0.1, 0.15) is 18.7 Å². The summed E-state index contributed by atoms with van der Waals surface area (Å²) in [6, 6.07) is 5.62. The number of hydrogen-bond acceptors (Lipinski definition) is 7. The van der Waals surface area contributed by atoms with E-state index in [1.165, 1.54) is 35.9 Å². The largest absolute Gasteiger partial charge is 0.357 e. The highest BCUT2D eigenvalue weighted by Gasteiger charge is 2.22. The van der Waals surface area contributed by atoms with Crippen molar-refractivity contribution in [2.45, 2.75) is 29.0 Å². The molecular weight excluding hydrogens is 354 g/mol. The van der Waals surface area contributed by atoms with Gasteiger partial charge in [-0.15, -0.1) is 10.2 Å². The first-order valence-electron chi connectivity index (χ1n) is 7.09. The van der Waals surface area contributed by atoms with Crippen molar-refractivity contribution < 1.29 is 0 Å². The number of rotatable bonds is 5. The van der Waals surface area contributed by atoms with E-state index in [0.717, 1.165) is 9.47 Å². The molecule has 3 aromatic rings. The summed E-state index contributed by atoms with van der Waals surface area (Å²) in [6.07, 6.45) is 2.40. The second-order valence-electron chi connectivity index (χ2n) is 5.25. The summed E-state index contributed by atoms with van der Waals surface area (Å²) in [5, 5.41) is 13.5. The van der Waals surface area contributed by atoms with E-state index in [1.807, 2.05) is 0 Å². The van der Waals surface area contributed by atoms with Gasteiger partial charge in [0.05, 0.1) is 16.7 Å². The van der Waals surface area contributed by atoms with Gasteiger partial charge in [-0.3, -0.25) is 4.79 Å². The first-order chi connectivity index (χ1) is 11.2. The molecule has 23 heavy (non-hydrogen) atoms. The Morgan fingerprint density at radius 3 is 3.09 bits per heavy atom. The highest BCUT2D eigenvalue weighted by atomic mass is 35.5. The lowest BCUT2D eigenvalue weighted by atomic mass is 10.2. The first-order valence-corrected chi connectivity index (χ1v) is 9.27. The zero-order valence-corrected chi connectivity index (χ0v) is 14.3. The van der Waals surface area contributed by atoms with E-state index in [0.29, 0.717) is 33.5 Å². The fraction of sp³-hybridized carbons (Fsp3) is 0.286. The van der Waals surface area contributed by atoms with Crippen molar-refractivity contribution in [3.8, 4) is 0 Å². The van der Waals surface area contributed by atoms with Crippen LogP contribution in [-0.2, 0) is 5.75 Å². The van der Waals surface area contributed by atoms with Crippen molar-refractivity contribution in [1.29, 1.82) is 0 Å². The Labute approximate surface area is 144 Å². The van der Waals surface area contributed by atoms with E-state index in [-0.39, 0.29) is 5.56 Å². The number of thioether (sulfide) groups is 1. The van der Waals surface area contributed by atoms with Gasteiger partial charge in [-0.1, -0.05) is 34.7 Å². The summed E-state index contributed by atoms with van der Waals surface area (Å²) in [7, 11) is 0. The molecule has 118 valence electrons. The summed E-state index contributed by atoms with van der Waals surface area (Å²) in [4.78, 5) is 19.3. The molecule has 2 heterocycles. The lowest BCUT2D eigenvalue weighted by Gasteiger charge is -2.02. The predicted octanol–water partition coefficient (Wildman–Crippen LogP) is 3.29. The highest BCUT2D eigenvalue weighted by Crippen LogP contribution is 2.31. The Bertz CT molecular complexity index is 921. The smallest absolute Gasteiger partial charge is 0.258 e. The molecule has 0 spiro atoms. The average molecular weight is 366 g/mol. The minimum atomic E-state index is -0.157. The van der Waals surface area contributed by atoms with Crippen molar-refractivity contribution in [1.82, 2.24) is 20.2 Å². The van der Waals surface area contributed by atoms with Crippen LogP contribution >= 0.6 is 34.7 Å². The molecule has 4 rings (SSSR count). The molecule has 1 aliphatic rings. The van der Waals surface area contributed by atoms with Crippen LogP contribution in [0.15, 0.2) is 27.3 Å². The molecule has 9 heteroatoms. The van der Waals surface area contributed by atoms with Gasteiger partial charge in [0.25, 0.3) is 5.56 Å². The van der Waals surface area contributed by atoms with Crippen molar-refractivity contribution in [2.24, 2.45) is 0 Å². The number of anilines is 1. The maximum absolute atomic E-state index is 12.1. The van der Waals surface area contributed by atoms with Gasteiger partial charge in [0.2, 0.25) is 5.13 Å². The Hall–Kier alpha value is -1.64. The number of aromatic amines is 1. The molecule has 1 aliphatic carbocycles. The van der Waals surface area contributed by atoms with Gasteiger partial charge in [-0.05, 0) is 31.0 Å². The molecule has 0 bridgehead atoms. The molecular formula is C14H12ClN5OS2. The number of benzene rings is 1. The zero-order chi connectivity index (χ0) is 15.8. The predicted molar refractivity (Wildman–Crippen MR) is 93.5 cm³/mol. The number of nitrogens with one attached hydrogen (secondary N) is 2. The van der Waals surface area contributed by atoms with E-state index < -0.39 is 0 Å². The summed E-state index contributed by atoms with van der Waals surface area (Å²) in [5.41, 5.74) is 0.445. The molecule has 0 amide bonds. The number of halogens is 1. The van der Waals surface area contributed by atoms with E-state index >= 15 is 0 Å². The second kappa shape index (κ2) is 6.10. The SMILES string of the molecule is O=c1[nH]c(CSc2nnc(NC3CC3)s2)nc2cc(Cl)ccc12.